The van der Waals surface area contributed by atoms with Crippen LogP contribution in [0.3, 0.4) is 0 Å². The summed E-state index contributed by atoms with van der Waals surface area (Å²) in [5.74, 6) is -1.04. The van der Waals surface area contributed by atoms with Crippen molar-refractivity contribution in [3.63, 3.8) is 0 Å². The highest BCUT2D eigenvalue weighted by Gasteiger charge is 2.37. The van der Waals surface area contributed by atoms with Crippen LogP contribution < -0.4 is 11.1 Å². The molecule has 1 saturated carbocycles. The normalized spacial score (nSPS) is 16.4. The van der Waals surface area contributed by atoms with Gasteiger partial charge in [-0.3, -0.25) is 9.59 Å². The van der Waals surface area contributed by atoms with Gasteiger partial charge in [0.15, 0.2) is 0 Å². The van der Waals surface area contributed by atoms with Crippen molar-refractivity contribution >= 4 is 11.9 Å². The summed E-state index contributed by atoms with van der Waals surface area (Å²) in [6, 6.07) is 0. The lowest BCUT2D eigenvalue weighted by molar-refractivity contribution is -0.138. The first-order valence-electron chi connectivity index (χ1n) is 6.61. The van der Waals surface area contributed by atoms with Gasteiger partial charge < -0.3 is 16.2 Å². The van der Waals surface area contributed by atoms with Gasteiger partial charge in [0.25, 0.3) is 0 Å². The smallest absolute Gasteiger partial charge is 0.325 e. The van der Waals surface area contributed by atoms with E-state index in [1.165, 1.54) is 10.9 Å². The molecular weight excluding hydrogens is 262 g/mol. The third kappa shape index (κ3) is 3.53. The molecule has 4 N–H and O–H groups in total. The van der Waals surface area contributed by atoms with Crippen LogP contribution in [0.2, 0.25) is 0 Å². The lowest BCUT2D eigenvalue weighted by atomic mass is 9.66. The summed E-state index contributed by atoms with van der Waals surface area (Å²) in [6.07, 6.45) is 5.09. The van der Waals surface area contributed by atoms with Crippen molar-refractivity contribution in [1.82, 2.24) is 20.3 Å². The van der Waals surface area contributed by atoms with E-state index < -0.39 is 5.97 Å². The van der Waals surface area contributed by atoms with Gasteiger partial charge in [0.05, 0.1) is 12.7 Å². The molecule has 0 aliphatic heterocycles. The maximum Gasteiger partial charge on any atom is 0.325 e. The third-order valence-electron chi connectivity index (χ3n) is 3.73. The quantitative estimate of drug-likeness (QED) is 0.619. The Kier molecular flexibility index (Phi) is 4.33. The molecule has 1 heterocycles. The minimum Gasteiger partial charge on any atom is -0.480 e. The maximum absolute atomic E-state index is 11.9. The summed E-state index contributed by atoms with van der Waals surface area (Å²) in [5, 5.41) is 18.8. The molecule has 1 aromatic rings. The van der Waals surface area contributed by atoms with Crippen LogP contribution in [0.1, 0.15) is 31.4 Å². The Morgan fingerprint density at radius 1 is 1.50 bits per heavy atom. The Labute approximate surface area is 116 Å². The average Bonchev–Trinajstić information content (AvgIpc) is 2.78. The molecule has 0 saturated heterocycles. The van der Waals surface area contributed by atoms with Crippen LogP contribution in [0.25, 0.3) is 0 Å². The van der Waals surface area contributed by atoms with Crippen LogP contribution in [0, 0.1) is 5.41 Å². The Morgan fingerprint density at radius 2 is 2.25 bits per heavy atom. The molecule has 0 atom stereocenters. The highest BCUT2D eigenvalue weighted by molar-refractivity contribution is 5.76. The van der Waals surface area contributed by atoms with E-state index in [1.807, 2.05) is 0 Å². The van der Waals surface area contributed by atoms with E-state index in [-0.39, 0.29) is 24.4 Å². The van der Waals surface area contributed by atoms with Gasteiger partial charge in [0, 0.05) is 6.42 Å². The second-order valence-electron chi connectivity index (χ2n) is 5.31. The number of nitrogens with one attached hydrogen (secondary N) is 1. The predicted octanol–water partition coefficient (Wildman–Crippen LogP) is -0.502. The molecule has 110 valence electrons. The number of hydrogen-bond donors (Lipinski definition) is 3. The highest BCUT2D eigenvalue weighted by Crippen LogP contribution is 2.42. The highest BCUT2D eigenvalue weighted by atomic mass is 16.4. The number of carboxylic acid groups (broad SMARTS) is 1. The lowest BCUT2D eigenvalue weighted by Gasteiger charge is -2.40. The van der Waals surface area contributed by atoms with Gasteiger partial charge in [-0.2, -0.15) is 0 Å². The minimum atomic E-state index is -0.986. The molecule has 0 unspecified atom stereocenters. The Bertz CT molecular complexity index is 490. The molecule has 8 heteroatoms. The summed E-state index contributed by atoms with van der Waals surface area (Å²) < 4.78 is 1.22. The number of carboxylic acids is 1. The number of hydrogen-bond acceptors (Lipinski definition) is 5. The van der Waals surface area contributed by atoms with E-state index in [1.54, 1.807) is 0 Å². The summed E-state index contributed by atoms with van der Waals surface area (Å²) in [7, 11) is 0. The van der Waals surface area contributed by atoms with Gasteiger partial charge >= 0.3 is 5.97 Å². The van der Waals surface area contributed by atoms with Gasteiger partial charge in [-0.25, -0.2) is 4.68 Å². The molecule has 1 aliphatic carbocycles. The molecule has 0 spiro atoms. The molecular formula is C12H19N5O3. The van der Waals surface area contributed by atoms with E-state index in [2.05, 4.69) is 15.6 Å². The molecule has 0 aromatic carbocycles. The number of amides is 1. The molecule has 1 fully saturated rings. The van der Waals surface area contributed by atoms with Gasteiger partial charge in [0.1, 0.15) is 12.2 Å². The van der Waals surface area contributed by atoms with Crippen LogP contribution in [0.15, 0.2) is 6.20 Å². The van der Waals surface area contributed by atoms with Gasteiger partial charge in [-0.15, -0.1) is 5.10 Å². The topological polar surface area (TPSA) is 123 Å². The largest absolute Gasteiger partial charge is 0.480 e. The summed E-state index contributed by atoms with van der Waals surface area (Å²) in [6.45, 7) is 0.547. The van der Waals surface area contributed by atoms with Gasteiger partial charge in [-0.1, -0.05) is 11.6 Å². The first-order valence-corrected chi connectivity index (χ1v) is 6.61. The van der Waals surface area contributed by atoms with Crippen LogP contribution in [-0.4, -0.2) is 38.5 Å². The molecule has 1 aromatic heterocycles. The maximum atomic E-state index is 11.9. The van der Waals surface area contributed by atoms with Crippen molar-refractivity contribution in [2.75, 3.05) is 6.54 Å². The Hall–Kier alpha value is -1.96. The molecule has 1 amide bonds. The monoisotopic (exact) mass is 281 g/mol. The van der Waals surface area contributed by atoms with Crippen molar-refractivity contribution in [2.45, 2.75) is 38.8 Å². The fraction of sp³-hybridized carbons (Fsp3) is 0.667. The third-order valence-corrected chi connectivity index (χ3v) is 3.73. The summed E-state index contributed by atoms with van der Waals surface area (Å²) in [4.78, 5) is 22.4. The zero-order chi connectivity index (χ0) is 14.6. The van der Waals surface area contributed by atoms with Gasteiger partial charge in [0.2, 0.25) is 5.91 Å². The molecule has 0 bridgehead atoms. The lowest BCUT2D eigenvalue weighted by Crippen LogP contribution is -2.41. The van der Waals surface area contributed by atoms with Crippen molar-refractivity contribution in [3.8, 4) is 0 Å². The first-order chi connectivity index (χ1) is 9.53. The molecule has 1 aliphatic rings. The molecule has 20 heavy (non-hydrogen) atoms. The predicted molar refractivity (Wildman–Crippen MR) is 69.5 cm³/mol. The van der Waals surface area contributed by atoms with Crippen LogP contribution in [0.4, 0.5) is 0 Å². The number of nitrogens with two attached hydrogens (primary N) is 1. The van der Waals surface area contributed by atoms with Crippen LogP contribution >= 0.6 is 0 Å². The zero-order valence-corrected chi connectivity index (χ0v) is 11.2. The summed E-state index contributed by atoms with van der Waals surface area (Å²) in [5.41, 5.74) is 6.23. The zero-order valence-electron chi connectivity index (χ0n) is 11.2. The molecule has 8 nitrogen and oxygen atoms in total. The second kappa shape index (κ2) is 6.00. The Morgan fingerprint density at radius 3 is 2.80 bits per heavy atom. The number of aromatic nitrogens is 3. The van der Waals surface area contributed by atoms with Crippen molar-refractivity contribution < 1.29 is 14.7 Å². The van der Waals surface area contributed by atoms with Crippen molar-refractivity contribution in [3.05, 3.63) is 11.9 Å². The fourth-order valence-electron chi connectivity index (χ4n) is 2.36. The number of carbonyl (C=O) groups excluding carboxylic acids is 1. The van der Waals surface area contributed by atoms with E-state index >= 15 is 0 Å². The van der Waals surface area contributed by atoms with E-state index in [9.17, 15) is 9.59 Å². The first kappa shape index (κ1) is 14.4. The standard InChI is InChI=1S/C12H19N5O3/c13-8-12(2-1-3-12)4-10(18)14-5-9-6-17(16-15-9)7-11(19)20/h6H,1-5,7-8,13H2,(H,14,18)(H,19,20). The average molecular weight is 281 g/mol. The molecule has 2 rings (SSSR count). The Balaban J connectivity index is 1.78. The van der Waals surface area contributed by atoms with Crippen LogP contribution in [0.5, 0.6) is 0 Å². The van der Waals surface area contributed by atoms with E-state index in [4.69, 9.17) is 10.8 Å². The number of carbonyl (C=O) groups is 2. The fourth-order valence-corrected chi connectivity index (χ4v) is 2.36. The number of rotatable bonds is 7. The minimum absolute atomic E-state index is 0.0228. The van der Waals surface area contributed by atoms with Crippen molar-refractivity contribution in [2.24, 2.45) is 11.1 Å². The van der Waals surface area contributed by atoms with E-state index in [0.717, 1.165) is 19.3 Å². The van der Waals surface area contributed by atoms with Crippen molar-refractivity contribution in [1.29, 1.82) is 0 Å². The van der Waals surface area contributed by atoms with Gasteiger partial charge in [-0.05, 0) is 24.8 Å². The number of aliphatic carboxylic acids is 1. The SMILES string of the molecule is NCC1(CC(=O)NCc2cn(CC(=O)O)nn2)CCC1. The van der Waals surface area contributed by atoms with E-state index in [0.29, 0.717) is 18.7 Å². The van der Waals surface area contributed by atoms with Crippen LogP contribution in [-0.2, 0) is 22.7 Å². The second-order valence-corrected chi connectivity index (χ2v) is 5.31. The summed E-state index contributed by atoms with van der Waals surface area (Å²) >= 11 is 0. The molecule has 0 radical (unpaired) electrons. The number of nitrogens with zero attached hydrogens (tertiary/aromatic N) is 3.